The molecule has 3 nitrogen and oxygen atoms in total. The van der Waals surface area contributed by atoms with Gasteiger partial charge in [-0.05, 0) is 35.7 Å². The minimum atomic E-state index is 0.921. The van der Waals surface area contributed by atoms with E-state index in [0.29, 0.717) is 0 Å². The van der Waals surface area contributed by atoms with Crippen LogP contribution in [-0.2, 0) is 0 Å². The molecule has 0 saturated heterocycles. The van der Waals surface area contributed by atoms with Crippen LogP contribution in [0.5, 0.6) is 0 Å². The van der Waals surface area contributed by atoms with E-state index in [0.717, 1.165) is 61.2 Å². The van der Waals surface area contributed by atoms with Gasteiger partial charge in [0.15, 0.2) is 0 Å². The van der Waals surface area contributed by atoms with E-state index < -0.39 is 0 Å². The third-order valence-electron chi connectivity index (χ3n) is 6.14. The summed E-state index contributed by atoms with van der Waals surface area (Å²) in [4.78, 5) is 9.97. The number of imidazole rings is 1. The molecule has 0 fully saturated rings. The second kappa shape index (κ2) is 7.57. The van der Waals surface area contributed by atoms with Gasteiger partial charge in [-0.1, -0.05) is 86.0 Å². The second-order valence-corrected chi connectivity index (χ2v) is 8.00. The molecule has 3 aromatic heterocycles. The molecular formula is C30H21N3. The molecule has 0 aliphatic heterocycles. The molecule has 3 heterocycles. The zero-order chi connectivity index (χ0) is 22.4. The van der Waals surface area contributed by atoms with E-state index in [9.17, 15) is 0 Å². The van der Waals surface area contributed by atoms with Crippen LogP contribution in [-0.4, -0.2) is 14.4 Å². The lowest BCUT2D eigenvalue weighted by atomic mass is 10.0. The number of pyridine rings is 2. The topological polar surface area (TPSA) is 30.2 Å². The summed E-state index contributed by atoms with van der Waals surface area (Å²) in [5.41, 5.74) is 8.97. The van der Waals surface area contributed by atoms with Gasteiger partial charge in [0.05, 0.1) is 28.1 Å². The maximum Gasteiger partial charge on any atom is 0.146 e. The molecule has 0 N–H and O–H groups in total. The second-order valence-electron chi connectivity index (χ2n) is 8.00. The molecule has 0 aliphatic rings. The first-order valence-electron chi connectivity index (χ1n) is 10.9. The van der Waals surface area contributed by atoms with E-state index in [-0.39, 0.29) is 0 Å². The minimum absolute atomic E-state index is 0.921. The van der Waals surface area contributed by atoms with Gasteiger partial charge in [0.1, 0.15) is 5.65 Å². The van der Waals surface area contributed by atoms with E-state index in [1.807, 2.05) is 54.6 Å². The Morgan fingerprint density at radius 3 is 2.12 bits per heavy atom. The van der Waals surface area contributed by atoms with E-state index in [4.69, 9.17) is 9.97 Å². The number of hydrogen-bond acceptors (Lipinski definition) is 2. The fraction of sp³-hybridized carbons (Fsp3) is 0. The van der Waals surface area contributed by atoms with Crippen LogP contribution < -0.4 is 0 Å². The minimum Gasteiger partial charge on any atom is -0.292 e. The molecule has 0 bridgehead atoms. The van der Waals surface area contributed by atoms with Gasteiger partial charge < -0.3 is 0 Å². The maximum atomic E-state index is 5.05. The highest BCUT2D eigenvalue weighted by Gasteiger charge is 2.16. The summed E-state index contributed by atoms with van der Waals surface area (Å²) in [6.45, 7) is 8.14. The molecule has 0 atom stereocenters. The predicted molar refractivity (Wildman–Crippen MR) is 139 cm³/mol. The number of fused-ring (bicyclic) bond motifs is 5. The molecule has 33 heavy (non-hydrogen) atoms. The number of aromatic nitrogens is 3. The molecule has 6 aromatic rings. The lowest BCUT2D eigenvalue weighted by molar-refractivity contribution is 1.21. The van der Waals surface area contributed by atoms with Gasteiger partial charge in [0, 0.05) is 22.1 Å². The maximum absolute atomic E-state index is 5.05. The van der Waals surface area contributed by atoms with E-state index >= 15 is 0 Å². The summed E-state index contributed by atoms with van der Waals surface area (Å²) in [7, 11) is 0. The van der Waals surface area contributed by atoms with Gasteiger partial charge in [-0.25, -0.2) is 9.97 Å². The van der Waals surface area contributed by atoms with Crippen molar-refractivity contribution >= 4 is 39.6 Å². The number of benzene rings is 3. The Morgan fingerprint density at radius 2 is 1.36 bits per heavy atom. The van der Waals surface area contributed by atoms with E-state index in [1.165, 1.54) is 0 Å². The Morgan fingerprint density at radius 1 is 0.636 bits per heavy atom. The van der Waals surface area contributed by atoms with Gasteiger partial charge in [-0.2, -0.15) is 0 Å². The summed E-state index contributed by atoms with van der Waals surface area (Å²) in [6.07, 6.45) is 3.79. The number of hydrogen-bond donors (Lipinski definition) is 0. The molecule has 0 spiro atoms. The summed E-state index contributed by atoms with van der Waals surface area (Å²) in [5.74, 6) is 0. The normalized spacial score (nSPS) is 11.3. The molecule has 6 rings (SSSR count). The van der Waals surface area contributed by atoms with Crippen molar-refractivity contribution in [3.05, 3.63) is 115 Å². The fourth-order valence-corrected chi connectivity index (χ4v) is 4.62. The monoisotopic (exact) mass is 423 g/mol. The van der Waals surface area contributed by atoms with Gasteiger partial charge in [-0.3, -0.25) is 4.40 Å². The Kier molecular flexibility index (Phi) is 4.41. The van der Waals surface area contributed by atoms with Crippen LogP contribution in [0.4, 0.5) is 0 Å². The van der Waals surface area contributed by atoms with Gasteiger partial charge in [0.25, 0.3) is 0 Å². The Hall–Kier alpha value is -4.50. The van der Waals surface area contributed by atoms with Crippen LogP contribution in [0, 0.1) is 0 Å². The Labute approximate surface area is 192 Å². The Balaban J connectivity index is 1.60. The smallest absolute Gasteiger partial charge is 0.146 e. The molecule has 0 amide bonds. The summed E-state index contributed by atoms with van der Waals surface area (Å²) < 4.78 is 2.18. The van der Waals surface area contributed by atoms with E-state index in [1.54, 1.807) is 0 Å². The molecule has 0 aliphatic carbocycles. The average molecular weight is 424 g/mol. The first kappa shape index (κ1) is 19.2. The first-order chi connectivity index (χ1) is 16.3. The predicted octanol–water partition coefficient (Wildman–Crippen LogP) is 7.66. The highest BCUT2D eigenvalue weighted by molar-refractivity contribution is 6.04. The van der Waals surface area contributed by atoms with Crippen molar-refractivity contribution in [2.24, 2.45) is 0 Å². The lowest BCUT2D eigenvalue weighted by Crippen LogP contribution is -1.97. The number of rotatable bonds is 4. The van der Waals surface area contributed by atoms with Crippen LogP contribution in [0.15, 0.2) is 104 Å². The van der Waals surface area contributed by atoms with Crippen molar-refractivity contribution in [3.8, 4) is 22.5 Å². The zero-order valence-corrected chi connectivity index (χ0v) is 18.1. The van der Waals surface area contributed by atoms with E-state index in [2.05, 4.69) is 66.1 Å². The molecule has 3 aromatic carbocycles. The molecule has 0 unspecified atom stereocenters. The van der Waals surface area contributed by atoms with Crippen molar-refractivity contribution in [2.45, 2.75) is 0 Å². The molecule has 156 valence electrons. The third-order valence-corrected chi connectivity index (χ3v) is 6.14. The zero-order valence-electron chi connectivity index (χ0n) is 18.1. The number of nitrogens with zero attached hydrogens (tertiary/aromatic N) is 3. The highest BCUT2D eigenvalue weighted by atomic mass is 15.0. The van der Waals surface area contributed by atoms with Gasteiger partial charge in [0.2, 0.25) is 0 Å². The summed E-state index contributed by atoms with van der Waals surface area (Å²) in [6, 6.07) is 31.1. The quantitative estimate of drug-likeness (QED) is 0.291. The van der Waals surface area contributed by atoms with Gasteiger partial charge >= 0.3 is 0 Å². The van der Waals surface area contributed by atoms with Crippen molar-refractivity contribution in [3.63, 3.8) is 0 Å². The highest BCUT2D eigenvalue weighted by Crippen LogP contribution is 2.33. The molecule has 0 saturated carbocycles. The summed E-state index contributed by atoms with van der Waals surface area (Å²) in [5, 5.41) is 2.22. The fourth-order valence-electron chi connectivity index (χ4n) is 4.62. The molecule has 3 heteroatoms. The van der Waals surface area contributed by atoms with Crippen LogP contribution in [0.2, 0.25) is 0 Å². The first-order valence-corrected chi connectivity index (χ1v) is 10.9. The van der Waals surface area contributed by atoms with Crippen molar-refractivity contribution < 1.29 is 0 Å². The van der Waals surface area contributed by atoms with Crippen molar-refractivity contribution in [2.75, 3.05) is 0 Å². The van der Waals surface area contributed by atoms with Crippen LogP contribution in [0.1, 0.15) is 11.3 Å². The van der Waals surface area contributed by atoms with Crippen molar-refractivity contribution in [1.82, 2.24) is 14.4 Å². The van der Waals surface area contributed by atoms with Crippen LogP contribution >= 0.6 is 0 Å². The largest absolute Gasteiger partial charge is 0.292 e. The average Bonchev–Trinajstić information content (AvgIpc) is 3.27. The summed E-state index contributed by atoms with van der Waals surface area (Å²) >= 11 is 0. The Bertz CT molecular complexity index is 1690. The lowest BCUT2D eigenvalue weighted by Gasteiger charge is -2.11. The van der Waals surface area contributed by atoms with Crippen LogP contribution in [0.25, 0.3) is 62.1 Å². The van der Waals surface area contributed by atoms with Crippen molar-refractivity contribution in [1.29, 1.82) is 0 Å². The molecular weight excluding hydrogens is 402 g/mol. The molecule has 0 radical (unpaired) electrons. The third kappa shape index (κ3) is 2.98. The van der Waals surface area contributed by atoms with Crippen LogP contribution in [0.3, 0.4) is 0 Å². The van der Waals surface area contributed by atoms with Gasteiger partial charge in [-0.15, -0.1) is 0 Å². The standard InChI is InChI=1S/C30H21N3/c1-3-22-23-13-8-9-14-24(23)30-32-27-19-21(17-18-29(27)33(30)28(22)4-2)26-16-10-15-25(31-26)20-11-6-5-7-12-20/h3-19H,1-2H2. The SMILES string of the molecule is C=Cc1c(C=C)n2c3ccc(-c4cccc(-c5ccccc5)n4)cc3nc2c2ccccc12.